The largest absolute Gasteiger partial charge is 0.364 e. The van der Waals surface area contributed by atoms with E-state index in [1.54, 1.807) is 6.20 Å². The van der Waals surface area contributed by atoms with E-state index in [-0.39, 0.29) is 11.7 Å². The number of carbonyl (C=O) groups excluding carboxylic acids is 1. The highest BCUT2D eigenvalue weighted by molar-refractivity contribution is 5.95. The van der Waals surface area contributed by atoms with E-state index in [1.807, 2.05) is 0 Å². The molecule has 1 aromatic heterocycles. The molecule has 18 heavy (non-hydrogen) atoms. The van der Waals surface area contributed by atoms with Gasteiger partial charge in [-0.15, -0.1) is 0 Å². The number of nitrogens with two attached hydrogens (primary N) is 2. The Balaban J connectivity index is 1.99. The van der Waals surface area contributed by atoms with E-state index < -0.39 is 5.91 Å². The second-order valence-electron chi connectivity index (χ2n) is 5.12. The molecule has 4 N–H and O–H groups in total. The number of rotatable bonds is 2. The lowest BCUT2D eigenvalue weighted by molar-refractivity contribution is 0.0995. The van der Waals surface area contributed by atoms with Gasteiger partial charge in [0.2, 0.25) is 0 Å². The molecular formula is C12H17N5O. The van der Waals surface area contributed by atoms with Gasteiger partial charge in [0.15, 0.2) is 11.5 Å². The van der Waals surface area contributed by atoms with Crippen molar-refractivity contribution in [2.75, 3.05) is 4.90 Å². The Kier molecular flexibility index (Phi) is 2.66. The summed E-state index contributed by atoms with van der Waals surface area (Å²) in [5.41, 5.74) is 11.7. The lowest BCUT2D eigenvalue weighted by atomic mass is 9.98. The average Bonchev–Trinajstić information content (AvgIpc) is 2.61. The lowest BCUT2D eigenvalue weighted by Crippen LogP contribution is -2.48. The predicted molar refractivity (Wildman–Crippen MR) is 67.0 cm³/mol. The summed E-state index contributed by atoms with van der Waals surface area (Å²) in [7, 11) is 0. The van der Waals surface area contributed by atoms with Gasteiger partial charge in [-0.2, -0.15) is 0 Å². The van der Waals surface area contributed by atoms with E-state index in [0.717, 1.165) is 25.7 Å². The maximum Gasteiger partial charge on any atom is 0.271 e. The number of primary amides is 1. The van der Waals surface area contributed by atoms with E-state index in [9.17, 15) is 4.79 Å². The van der Waals surface area contributed by atoms with Crippen molar-refractivity contribution in [3.05, 3.63) is 18.1 Å². The van der Waals surface area contributed by atoms with Crippen LogP contribution >= 0.6 is 0 Å². The van der Waals surface area contributed by atoms with Crippen LogP contribution in [-0.4, -0.2) is 34.0 Å². The third-order valence-corrected chi connectivity index (χ3v) is 3.93. The van der Waals surface area contributed by atoms with Crippen LogP contribution in [-0.2, 0) is 0 Å². The van der Waals surface area contributed by atoms with Gasteiger partial charge in [-0.05, 0) is 25.7 Å². The first kappa shape index (κ1) is 11.4. The quantitative estimate of drug-likeness (QED) is 0.768. The number of anilines is 1. The van der Waals surface area contributed by atoms with Crippen molar-refractivity contribution < 1.29 is 4.79 Å². The van der Waals surface area contributed by atoms with Crippen molar-refractivity contribution in [2.24, 2.45) is 11.5 Å². The lowest BCUT2D eigenvalue weighted by Gasteiger charge is -2.38. The van der Waals surface area contributed by atoms with Gasteiger partial charge in [0.25, 0.3) is 5.91 Å². The van der Waals surface area contributed by atoms with Crippen molar-refractivity contribution in [2.45, 2.75) is 43.8 Å². The highest BCUT2D eigenvalue weighted by Gasteiger charge is 2.41. The molecule has 1 amide bonds. The number of carbonyl (C=O) groups is 1. The van der Waals surface area contributed by atoms with Crippen LogP contribution in [0.4, 0.5) is 5.82 Å². The summed E-state index contributed by atoms with van der Waals surface area (Å²) < 4.78 is 0. The maximum absolute atomic E-state index is 11.4. The van der Waals surface area contributed by atoms with Crippen molar-refractivity contribution in [3.63, 3.8) is 0 Å². The van der Waals surface area contributed by atoms with E-state index in [1.165, 1.54) is 6.20 Å². The number of amides is 1. The van der Waals surface area contributed by atoms with Crippen LogP contribution < -0.4 is 16.4 Å². The van der Waals surface area contributed by atoms with Gasteiger partial charge in [0.05, 0.1) is 0 Å². The molecule has 3 rings (SSSR count). The number of hydrogen-bond donors (Lipinski definition) is 2. The zero-order valence-electron chi connectivity index (χ0n) is 10.1. The van der Waals surface area contributed by atoms with E-state index in [0.29, 0.717) is 17.9 Å². The number of fused-ring (bicyclic) bond motifs is 2. The molecule has 1 aromatic rings. The van der Waals surface area contributed by atoms with Gasteiger partial charge >= 0.3 is 0 Å². The first-order chi connectivity index (χ1) is 8.66. The van der Waals surface area contributed by atoms with Crippen molar-refractivity contribution in [3.8, 4) is 0 Å². The summed E-state index contributed by atoms with van der Waals surface area (Å²) in [5, 5.41) is 0. The molecule has 2 aliphatic rings. The van der Waals surface area contributed by atoms with E-state index >= 15 is 0 Å². The number of piperidine rings is 1. The smallest absolute Gasteiger partial charge is 0.271 e. The zero-order chi connectivity index (χ0) is 12.7. The van der Waals surface area contributed by atoms with Crippen LogP contribution in [0.1, 0.15) is 36.2 Å². The monoisotopic (exact) mass is 247 g/mol. The highest BCUT2D eigenvalue weighted by Crippen LogP contribution is 2.38. The molecule has 0 aliphatic carbocycles. The SMILES string of the molecule is NC(=O)c1nccnc1N1C2CCC1CC(N)C2. The van der Waals surface area contributed by atoms with Crippen LogP contribution in [0.5, 0.6) is 0 Å². The van der Waals surface area contributed by atoms with Crippen molar-refractivity contribution in [1.29, 1.82) is 0 Å². The number of aromatic nitrogens is 2. The van der Waals surface area contributed by atoms with Gasteiger partial charge < -0.3 is 16.4 Å². The summed E-state index contributed by atoms with van der Waals surface area (Å²) in [5.74, 6) is 0.108. The molecule has 0 aromatic carbocycles. The predicted octanol–water partition coefficient (Wildman–Crippen LogP) is 0.0340. The molecule has 2 saturated heterocycles. The second-order valence-corrected chi connectivity index (χ2v) is 5.12. The first-order valence-corrected chi connectivity index (χ1v) is 6.31. The third-order valence-electron chi connectivity index (χ3n) is 3.93. The maximum atomic E-state index is 11.4. The summed E-state index contributed by atoms with van der Waals surface area (Å²) in [6.45, 7) is 0. The van der Waals surface area contributed by atoms with Gasteiger partial charge in [0.1, 0.15) is 0 Å². The molecule has 6 nitrogen and oxygen atoms in total. The summed E-state index contributed by atoms with van der Waals surface area (Å²) in [4.78, 5) is 22.0. The molecular weight excluding hydrogens is 230 g/mol. The number of nitrogens with zero attached hydrogens (tertiary/aromatic N) is 3. The minimum absolute atomic E-state index is 0.257. The Labute approximate surface area is 105 Å². The fraction of sp³-hybridized carbons (Fsp3) is 0.583. The standard InChI is InChI=1S/C12H17N5O/c13-7-5-8-1-2-9(6-7)17(8)12-10(11(14)18)15-3-4-16-12/h3-4,7-9H,1-2,5-6,13H2,(H2,14,18). The van der Waals surface area contributed by atoms with E-state index in [2.05, 4.69) is 14.9 Å². The number of hydrogen-bond acceptors (Lipinski definition) is 5. The Morgan fingerprint density at radius 2 is 1.83 bits per heavy atom. The molecule has 0 spiro atoms. The summed E-state index contributed by atoms with van der Waals surface area (Å²) in [6.07, 6.45) is 7.22. The molecule has 0 radical (unpaired) electrons. The zero-order valence-corrected chi connectivity index (χ0v) is 10.1. The normalized spacial score (nSPS) is 30.5. The molecule has 2 fully saturated rings. The minimum atomic E-state index is -0.521. The summed E-state index contributed by atoms with van der Waals surface area (Å²) in [6, 6.07) is 0.995. The van der Waals surface area contributed by atoms with Crippen LogP contribution in [0.15, 0.2) is 12.4 Å². The Morgan fingerprint density at radius 1 is 1.22 bits per heavy atom. The van der Waals surface area contributed by atoms with Crippen LogP contribution in [0.3, 0.4) is 0 Å². The Morgan fingerprint density at radius 3 is 2.44 bits per heavy atom. The first-order valence-electron chi connectivity index (χ1n) is 6.31. The van der Waals surface area contributed by atoms with E-state index in [4.69, 9.17) is 11.5 Å². The minimum Gasteiger partial charge on any atom is -0.364 e. The molecule has 2 unspecified atom stereocenters. The van der Waals surface area contributed by atoms with Crippen LogP contribution in [0.2, 0.25) is 0 Å². The van der Waals surface area contributed by atoms with Crippen molar-refractivity contribution in [1.82, 2.24) is 9.97 Å². The molecule has 3 heterocycles. The third kappa shape index (κ3) is 1.73. The van der Waals surface area contributed by atoms with Gasteiger partial charge in [0, 0.05) is 30.5 Å². The molecule has 2 bridgehead atoms. The van der Waals surface area contributed by atoms with Gasteiger partial charge in [-0.1, -0.05) is 0 Å². The molecule has 96 valence electrons. The molecule has 6 heteroatoms. The molecule has 2 aliphatic heterocycles. The Bertz CT molecular complexity index is 463. The van der Waals surface area contributed by atoms with Crippen molar-refractivity contribution >= 4 is 11.7 Å². The van der Waals surface area contributed by atoms with Gasteiger partial charge in [-0.3, -0.25) is 4.79 Å². The Hall–Kier alpha value is -1.69. The average molecular weight is 247 g/mol. The molecule has 2 atom stereocenters. The van der Waals surface area contributed by atoms with Gasteiger partial charge in [-0.25, -0.2) is 9.97 Å². The molecule has 0 saturated carbocycles. The highest BCUT2D eigenvalue weighted by atomic mass is 16.1. The van der Waals surface area contributed by atoms with Crippen LogP contribution in [0.25, 0.3) is 0 Å². The topological polar surface area (TPSA) is 98.1 Å². The fourth-order valence-electron chi connectivity index (χ4n) is 3.26. The van der Waals surface area contributed by atoms with Crippen LogP contribution in [0, 0.1) is 0 Å². The summed E-state index contributed by atoms with van der Waals surface area (Å²) >= 11 is 0. The fourth-order valence-corrected chi connectivity index (χ4v) is 3.26. The second kappa shape index (κ2) is 4.20.